The molecule has 0 aliphatic rings. The first kappa shape index (κ1) is 11.3. The molecule has 0 spiro atoms. The van der Waals surface area contributed by atoms with Gasteiger partial charge in [0.1, 0.15) is 6.04 Å². The van der Waals surface area contributed by atoms with Gasteiger partial charge in [-0.15, -0.1) is 0 Å². The van der Waals surface area contributed by atoms with Gasteiger partial charge in [-0.25, -0.2) is 4.79 Å². The van der Waals surface area contributed by atoms with Gasteiger partial charge in [-0.1, -0.05) is 6.92 Å². The summed E-state index contributed by atoms with van der Waals surface area (Å²) in [6.45, 7) is 1.71. The minimum atomic E-state index is -1.01. The van der Waals surface area contributed by atoms with E-state index in [2.05, 4.69) is 5.32 Å². The number of rotatable bonds is 4. The second-order valence-corrected chi connectivity index (χ2v) is 3.34. The predicted molar refractivity (Wildman–Crippen MR) is 54.6 cm³/mol. The number of carboxylic acid groups (broad SMARTS) is 1. The molecule has 0 saturated carbocycles. The van der Waals surface area contributed by atoms with Crippen LogP contribution < -0.4 is 5.32 Å². The number of nitrogens with one attached hydrogen (secondary N) is 1. The average Bonchev–Trinajstić information content (AvgIpc) is 2.60. The van der Waals surface area contributed by atoms with E-state index in [-0.39, 0.29) is 5.91 Å². The first-order chi connectivity index (χ1) is 7.04. The van der Waals surface area contributed by atoms with Crippen molar-refractivity contribution in [2.24, 2.45) is 7.05 Å². The minimum absolute atomic E-state index is 0.357. The molecule has 5 nitrogen and oxygen atoms in total. The first-order valence-corrected chi connectivity index (χ1v) is 4.70. The zero-order valence-electron chi connectivity index (χ0n) is 8.73. The summed E-state index contributed by atoms with van der Waals surface area (Å²) in [6.07, 6.45) is 3.74. The van der Waals surface area contributed by atoms with Crippen LogP contribution in [0.2, 0.25) is 0 Å². The highest BCUT2D eigenvalue weighted by molar-refractivity contribution is 5.96. The lowest BCUT2D eigenvalue weighted by atomic mass is 10.2. The van der Waals surface area contributed by atoms with E-state index < -0.39 is 12.0 Å². The van der Waals surface area contributed by atoms with Crippen LogP contribution in [-0.2, 0) is 11.8 Å². The Kier molecular flexibility index (Phi) is 3.49. The minimum Gasteiger partial charge on any atom is -0.480 e. The lowest BCUT2D eigenvalue weighted by Crippen LogP contribution is -2.40. The average molecular weight is 210 g/mol. The molecule has 0 bridgehead atoms. The number of carbonyl (C=O) groups is 2. The molecule has 0 fully saturated rings. The van der Waals surface area contributed by atoms with Gasteiger partial charge in [0.05, 0.1) is 5.56 Å². The maximum Gasteiger partial charge on any atom is 0.326 e. The fraction of sp³-hybridized carbons (Fsp3) is 0.400. The fourth-order valence-electron chi connectivity index (χ4n) is 1.22. The van der Waals surface area contributed by atoms with Gasteiger partial charge >= 0.3 is 5.97 Å². The molecule has 1 unspecified atom stereocenters. The Morgan fingerprint density at radius 1 is 1.60 bits per heavy atom. The second kappa shape index (κ2) is 4.63. The number of aromatic nitrogens is 1. The van der Waals surface area contributed by atoms with Crippen LogP contribution in [0.3, 0.4) is 0 Å². The largest absolute Gasteiger partial charge is 0.480 e. The molecule has 1 heterocycles. The van der Waals surface area contributed by atoms with E-state index in [0.29, 0.717) is 12.0 Å². The summed E-state index contributed by atoms with van der Waals surface area (Å²) in [7, 11) is 1.80. The Hall–Kier alpha value is -1.78. The van der Waals surface area contributed by atoms with Crippen LogP contribution in [0.5, 0.6) is 0 Å². The quantitative estimate of drug-likeness (QED) is 0.765. The van der Waals surface area contributed by atoms with Crippen molar-refractivity contribution in [1.29, 1.82) is 0 Å². The molecule has 0 saturated heterocycles. The number of aliphatic carboxylic acids is 1. The topological polar surface area (TPSA) is 71.3 Å². The molecule has 1 rings (SSSR count). The van der Waals surface area contributed by atoms with Gasteiger partial charge in [0.25, 0.3) is 5.91 Å². The maximum atomic E-state index is 11.5. The van der Waals surface area contributed by atoms with Crippen LogP contribution in [0, 0.1) is 0 Å². The molecule has 1 aromatic heterocycles. The highest BCUT2D eigenvalue weighted by Crippen LogP contribution is 2.01. The summed E-state index contributed by atoms with van der Waals surface area (Å²) < 4.78 is 1.73. The van der Waals surface area contributed by atoms with Crippen molar-refractivity contribution in [2.45, 2.75) is 19.4 Å². The smallest absolute Gasteiger partial charge is 0.326 e. The van der Waals surface area contributed by atoms with Crippen molar-refractivity contribution in [3.63, 3.8) is 0 Å². The Morgan fingerprint density at radius 2 is 2.27 bits per heavy atom. The van der Waals surface area contributed by atoms with Gasteiger partial charge in [-0.3, -0.25) is 4.79 Å². The number of carbonyl (C=O) groups excluding carboxylic acids is 1. The molecule has 1 atom stereocenters. The van der Waals surface area contributed by atoms with Crippen molar-refractivity contribution in [2.75, 3.05) is 0 Å². The van der Waals surface area contributed by atoms with E-state index in [1.54, 1.807) is 37.0 Å². The van der Waals surface area contributed by atoms with Gasteiger partial charge in [0.15, 0.2) is 0 Å². The van der Waals surface area contributed by atoms with Crippen molar-refractivity contribution in [3.05, 3.63) is 24.0 Å². The molecule has 1 amide bonds. The summed E-state index contributed by atoms with van der Waals surface area (Å²) in [4.78, 5) is 22.2. The van der Waals surface area contributed by atoms with E-state index in [0.717, 1.165) is 0 Å². The fourth-order valence-corrected chi connectivity index (χ4v) is 1.22. The molecule has 0 radical (unpaired) electrons. The summed E-state index contributed by atoms with van der Waals surface area (Å²) in [6, 6.07) is 0.821. The third kappa shape index (κ3) is 2.83. The highest BCUT2D eigenvalue weighted by atomic mass is 16.4. The third-order valence-electron chi connectivity index (χ3n) is 2.11. The number of hydrogen-bond donors (Lipinski definition) is 2. The molecule has 0 aliphatic carbocycles. The molecule has 2 N–H and O–H groups in total. The van der Waals surface area contributed by atoms with Crippen molar-refractivity contribution < 1.29 is 14.7 Å². The molecular weight excluding hydrogens is 196 g/mol. The van der Waals surface area contributed by atoms with Crippen molar-refractivity contribution in [3.8, 4) is 0 Å². The van der Waals surface area contributed by atoms with Crippen LogP contribution >= 0.6 is 0 Å². The number of nitrogens with zero attached hydrogens (tertiary/aromatic N) is 1. The molecule has 15 heavy (non-hydrogen) atoms. The number of hydrogen-bond acceptors (Lipinski definition) is 2. The van der Waals surface area contributed by atoms with Crippen LogP contribution in [0.4, 0.5) is 0 Å². The predicted octanol–water partition coefficient (Wildman–Crippen LogP) is 0.618. The third-order valence-corrected chi connectivity index (χ3v) is 2.11. The maximum absolute atomic E-state index is 11.5. The van der Waals surface area contributed by atoms with Crippen LogP contribution in [0.25, 0.3) is 0 Å². The lowest BCUT2D eigenvalue weighted by molar-refractivity contribution is -0.139. The Bertz CT molecular complexity index is 370. The van der Waals surface area contributed by atoms with E-state index in [1.165, 1.54) is 0 Å². The Labute approximate surface area is 87.7 Å². The summed E-state index contributed by atoms with van der Waals surface area (Å²) in [5, 5.41) is 11.2. The van der Waals surface area contributed by atoms with Crippen LogP contribution in [0.15, 0.2) is 18.5 Å². The van der Waals surface area contributed by atoms with Crippen LogP contribution in [0.1, 0.15) is 23.7 Å². The number of aryl methyl sites for hydroxylation is 1. The highest BCUT2D eigenvalue weighted by Gasteiger charge is 2.18. The Balaban J connectivity index is 2.66. The van der Waals surface area contributed by atoms with Crippen molar-refractivity contribution in [1.82, 2.24) is 9.88 Å². The molecule has 1 aromatic rings. The molecule has 82 valence electrons. The van der Waals surface area contributed by atoms with Crippen LogP contribution in [-0.4, -0.2) is 27.6 Å². The molecular formula is C10H14N2O3. The Morgan fingerprint density at radius 3 is 2.67 bits per heavy atom. The monoisotopic (exact) mass is 210 g/mol. The summed E-state index contributed by atoms with van der Waals surface area (Å²) >= 11 is 0. The van der Waals surface area contributed by atoms with E-state index in [9.17, 15) is 9.59 Å². The van der Waals surface area contributed by atoms with Gasteiger partial charge in [-0.2, -0.15) is 0 Å². The van der Waals surface area contributed by atoms with Crippen molar-refractivity contribution >= 4 is 11.9 Å². The number of carboxylic acids is 1. The normalized spacial score (nSPS) is 12.1. The lowest BCUT2D eigenvalue weighted by Gasteiger charge is -2.10. The van der Waals surface area contributed by atoms with E-state index >= 15 is 0 Å². The van der Waals surface area contributed by atoms with Gasteiger partial charge < -0.3 is 15.0 Å². The zero-order chi connectivity index (χ0) is 11.4. The second-order valence-electron chi connectivity index (χ2n) is 3.34. The van der Waals surface area contributed by atoms with Gasteiger partial charge in [-0.05, 0) is 12.5 Å². The summed E-state index contributed by atoms with van der Waals surface area (Å²) in [5.74, 6) is -1.37. The first-order valence-electron chi connectivity index (χ1n) is 4.70. The summed E-state index contributed by atoms with van der Waals surface area (Å²) in [5.41, 5.74) is 0.470. The van der Waals surface area contributed by atoms with E-state index in [1.807, 2.05) is 0 Å². The van der Waals surface area contributed by atoms with Gasteiger partial charge in [0, 0.05) is 19.4 Å². The SMILES string of the molecule is CCC(NC(=O)c1ccn(C)c1)C(=O)O. The molecule has 5 heteroatoms. The van der Waals surface area contributed by atoms with E-state index in [4.69, 9.17) is 5.11 Å². The number of amides is 1. The molecule has 0 aromatic carbocycles. The zero-order valence-corrected chi connectivity index (χ0v) is 8.73. The molecule has 0 aliphatic heterocycles. The standard InChI is InChI=1S/C10H14N2O3/c1-3-8(10(14)15)11-9(13)7-4-5-12(2)6-7/h4-6,8H,3H2,1-2H3,(H,11,13)(H,14,15). The van der Waals surface area contributed by atoms with Gasteiger partial charge in [0.2, 0.25) is 0 Å².